The minimum Gasteiger partial charge on any atom is -0.382 e. The van der Waals surface area contributed by atoms with Gasteiger partial charge in [0.15, 0.2) is 5.43 Å². The monoisotopic (exact) mass is 239 g/mol. The summed E-state index contributed by atoms with van der Waals surface area (Å²) in [6, 6.07) is 3.05. The highest BCUT2D eigenvalue weighted by atomic mass is 16.6. The molecule has 1 saturated heterocycles. The van der Waals surface area contributed by atoms with Gasteiger partial charge in [0.1, 0.15) is 12.3 Å². The molecule has 1 aromatic heterocycles. The van der Waals surface area contributed by atoms with E-state index < -0.39 is 0 Å². The summed E-state index contributed by atoms with van der Waals surface area (Å²) in [4.78, 5) is 11.0. The van der Waals surface area contributed by atoms with Crippen LogP contribution < -0.4 is 5.43 Å². The number of methoxy groups -OCH3 is 2. The Hall–Kier alpha value is -1.17. The van der Waals surface area contributed by atoms with Crippen LogP contribution in [0.25, 0.3) is 0 Å². The molecule has 17 heavy (non-hydrogen) atoms. The summed E-state index contributed by atoms with van der Waals surface area (Å²) >= 11 is 0. The topological polar surface area (TPSA) is 49.7 Å². The van der Waals surface area contributed by atoms with E-state index in [9.17, 15) is 4.79 Å². The molecule has 0 bridgehead atoms. The van der Waals surface area contributed by atoms with Crippen molar-refractivity contribution in [3.8, 4) is 0 Å². The van der Waals surface area contributed by atoms with Gasteiger partial charge >= 0.3 is 0 Å². The normalized spacial score (nSPS) is 28.5. The molecular weight excluding hydrogens is 222 g/mol. The molecule has 0 amide bonds. The van der Waals surface area contributed by atoms with E-state index in [0.29, 0.717) is 6.61 Å². The molecule has 0 aliphatic carbocycles. The van der Waals surface area contributed by atoms with Gasteiger partial charge in [0.05, 0.1) is 12.7 Å². The molecule has 2 heterocycles. The van der Waals surface area contributed by atoms with Crippen LogP contribution in [0.4, 0.5) is 0 Å². The summed E-state index contributed by atoms with van der Waals surface area (Å²) in [6.45, 7) is 0.509. The molecule has 1 fully saturated rings. The molecule has 0 radical (unpaired) electrons. The summed E-state index contributed by atoms with van der Waals surface area (Å²) < 4.78 is 18.2. The third-order valence-corrected chi connectivity index (χ3v) is 2.97. The first-order valence-electron chi connectivity index (χ1n) is 5.59. The zero-order chi connectivity index (χ0) is 12.3. The van der Waals surface area contributed by atoms with Crippen LogP contribution >= 0.6 is 0 Å². The highest BCUT2D eigenvalue weighted by molar-refractivity contribution is 4.96. The van der Waals surface area contributed by atoms with E-state index in [1.165, 1.54) is 12.1 Å². The average Bonchev–Trinajstić information content (AvgIpc) is 2.74. The maximum atomic E-state index is 11.0. The number of rotatable bonds is 4. The van der Waals surface area contributed by atoms with E-state index in [4.69, 9.17) is 14.2 Å². The first-order chi connectivity index (χ1) is 8.24. The molecule has 0 saturated carbocycles. The van der Waals surface area contributed by atoms with Crippen molar-refractivity contribution >= 4 is 0 Å². The van der Waals surface area contributed by atoms with Gasteiger partial charge in [0.25, 0.3) is 0 Å². The van der Waals surface area contributed by atoms with Crippen molar-refractivity contribution in [1.82, 2.24) is 4.57 Å². The lowest BCUT2D eigenvalue weighted by Gasteiger charge is -2.16. The highest BCUT2D eigenvalue weighted by Gasteiger charge is 2.35. The summed E-state index contributed by atoms with van der Waals surface area (Å²) in [7, 11) is 3.31. The quantitative estimate of drug-likeness (QED) is 0.779. The maximum Gasteiger partial charge on any atom is 0.181 e. The molecule has 3 atom stereocenters. The number of nitrogens with zero attached hydrogens (tertiary/aromatic N) is 1. The molecule has 0 N–H and O–H groups in total. The van der Waals surface area contributed by atoms with E-state index in [1.54, 1.807) is 26.6 Å². The van der Waals surface area contributed by atoms with Gasteiger partial charge in [-0.25, -0.2) is 0 Å². The minimum absolute atomic E-state index is 0.00372. The number of hydrogen-bond donors (Lipinski definition) is 0. The van der Waals surface area contributed by atoms with E-state index in [2.05, 4.69) is 0 Å². The van der Waals surface area contributed by atoms with Gasteiger partial charge in [0.2, 0.25) is 0 Å². The fourth-order valence-electron chi connectivity index (χ4n) is 2.06. The second-order valence-corrected chi connectivity index (χ2v) is 4.08. The molecule has 1 aromatic rings. The smallest absolute Gasteiger partial charge is 0.181 e. The SMILES string of the molecule is COC[C@H]1O[C@@H](n2ccc(=O)cc2)C[C@@H]1OC. The second kappa shape index (κ2) is 5.44. The molecule has 1 aliphatic heterocycles. The summed E-state index contributed by atoms with van der Waals surface area (Å²) in [5.41, 5.74) is -0.00372. The first kappa shape index (κ1) is 12.3. The van der Waals surface area contributed by atoms with Crippen molar-refractivity contribution in [1.29, 1.82) is 0 Å². The van der Waals surface area contributed by atoms with Gasteiger partial charge in [-0.2, -0.15) is 0 Å². The Morgan fingerprint density at radius 3 is 2.71 bits per heavy atom. The Morgan fingerprint density at radius 2 is 2.12 bits per heavy atom. The molecule has 5 heteroatoms. The fourth-order valence-corrected chi connectivity index (χ4v) is 2.06. The van der Waals surface area contributed by atoms with Crippen LogP contribution in [0.15, 0.2) is 29.3 Å². The van der Waals surface area contributed by atoms with Crippen LogP contribution in [0.1, 0.15) is 12.6 Å². The second-order valence-electron chi connectivity index (χ2n) is 4.08. The van der Waals surface area contributed by atoms with Gasteiger partial charge in [0, 0.05) is 45.2 Å². The Kier molecular flexibility index (Phi) is 3.93. The largest absolute Gasteiger partial charge is 0.382 e. The standard InChI is InChI=1S/C12H17NO4/c1-15-8-11-10(16-2)7-12(17-11)13-5-3-9(14)4-6-13/h3-6,10-12H,7-8H2,1-2H3/t10-,11+,12+/m0/s1. The molecule has 5 nitrogen and oxygen atoms in total. The summed E-state index contributed by atoms with van der Waals surface area (Å²) in [5.74, 6) is 0. The number of pyridine rings is 1. The van der Waals surface area contributed by atoms with E-state index >= 15 is 0 Å². The Balaban J connectivity index is 2.09. The van der Waals surface area contributed by atoms with E-state index in [1.807, 2.05) is 4.57 Å². The van der Waals surface area contributed by atoms with Gasteiger partial charge in [-0.05, 0) is 0 Å². The Morgan fingerprint density at radius 1 is 1.41 bits per heavy atom. The minimum atomic E-state index is -0.0966. The Bertz CT molecular complexity index is 397. The molecular formula is C12H17NO4. The number of hydrogen-bond acceptors (Lipinski definition) is 4. The molecule has 0 unspecified atom stereocenters. The third-order valence-electron chi connectivity index (χ3n) is 2.97. The predicted molar refractivity (Wildman–Crippen MR) is 61.9 cm³/mol. The maximum absolute atomic E-state index is 11.0. The van der Waals surface area contributed by atoms with Crippen molar-refractivity contribution in [2.24, 2.45) is 0 Å². The highest BCUT2D eigenvalue weighted by Crippen LogP contribution is 2.30. The van der Waals surface area contributed by atoms with Crippen LogP contribution in [0.3, 0.4) is 0 Å². The fraction of sp³-hybridized carbons (Fsp3) is 0.583. The van der Waals surface area contributed by atoms with Gasteiger partial charge in [-0.3, -0.25) is 4.79 Å². The molecule has 1 aliphatic rings. The van der Waals surface area contributed by atoms with Gasteiger partial charge < -0.3 is 18.8 Å². The molecule has 2 rings (SSSR count). The third kappa shape index (κ3) is 2.74. The predicted octanol–water partition coefficient (Wildman–Crippen LogP) is 0.797. The van der Waals surface area contributed by atoms with E-state index in [-0.39, 0.29) is 23.9 Å². The average molecular weight is 239 g/mol. The van der Waals surface area contributed by atoms with Gasteiger partial charge in [-0.1, -0.05) is 0 Å². The first-order valence-corrected chi connectivity index (χ1v) is 5.59. The number of ether oxygens (including phenoxy) is 3. The van der Waals surface area contributed by atoms with E-state index in [0.717, 1.165) is 6.42 Å². The van der Waals surface area contributed by atoms with Crippen LogP contribution in [-0.2, 0) is 14.2 Å². The van der Waals surface area contributed by atoms with Gasteiger partial charge in [-0.15, -0.1) is 0 Å². The summed E-state index contributed by atoms with van der Waals surface area (Å²) in [6.07, 6.45) is 4.09. The summed E-state index contributed by atoms with van der Waals surface area (Å²) in [5, 5.41) is 0. The number of aromatic nitrogens is 1. The van der Waals surface area contributed by atoms with Crippen molar-refractivity contribution in [3.63, 3.8) is 0 Å². The van der Waals surface area contributed by atoms with Crippen molar-refractivity contribution in [2.75, 3.05) is 20.8 Å². The molecule has 94 valence electrons. The van der Waals surface area contributed by atoms with Crippen molar-refractivity contribution < 1.29 is 14.2 Å². The molecule has 0 aromatic carbocycles. The van der Waals surface area contributed by atoms with Crippen LogP contribution in [-0.4, -0.2) is 37.6 Å². The lowest BCUT2D eigenvalue weighted by atomic mass is 10.2. The zero-order valence-electron chi connectivity index (χ0n) is 10.0. The van der Waals surface area contributed by atoms with Crippen LogP contribution in [0, 0.1) is 0 Å². The lowest BCUT2D eigenvalue weighted by molar-refractivity contribution is -0.0607. The van der Waals surface area contributed by atoms with Crippen molar-refractivity contribution in [2.45, 2.75) is 24.9 Å². The molecule has 0 spiro atoms. The lowest BCUT2D eigenvalue weighted by Crippen LogP contribution is -2.27. The van der Waals surface area contributed by atoms with Crippen LogP contribution in [0.2, 0.25) is 0 Å². The zero-order valence-corrected chi connectivity index (χ0v) is 10.0. The Labute approximate surface area is 99.9 Å². The van der Waals surface area contributed by atoms with Crippen LogP contribution in [0.5, 0.6) is 0 Å². The van der Waals surface area contributed by atoms with Crippen molar-refractivity contribution in [3.05, 3.63) is 34.7 Å².